The van der Waals surface area contributed by atoms with Crippen LogP contribution in [0.5, 0.6) is 0 Å². The summed E-state index contributed by atoms with van der Waals surface area (Å²) in [7, 11) is 1.75. The van der Waals surface area contributed by atoms with Crippen LogP contribution in [0, 0.1) is 5.82 Å². The van der Waals surface area contributed by atoms with Crippen molar-refractivity contribution in [2.75, 3.05) is 33.2 Å². The highest BCUT2D eigenvalue weighted by atomic mass is 19.1. The molecule has 2 unspecified atom stereocenters. The number of hydrogen-bond donors (Lipinski definition) is 0. The van der Waals surface area contributed by atoms with Gasteiger partial charge in [0.15, 0.2) is 0 Å². The molecular weight excluding hydrogens is 365 g/mol. The molecule has 2 aromatic rings. The van der Waals surface area contributed by atoms with Crippen molar-refractivity contribution in [1.29, 1.82) is 0 Å². The Morgan fingerprint density at radius 3 is 2.55 bits per heavy atom. The Labute approximate surface area is 173 Å². The van der Waals surface area contributed by atoms with Crippen LogP contribution < -0.4 is 0 Å². The number of benzene rings is 2. The summed E-state index contributed by atoms with van der Waals surface area (Å²) >= 11 is 0. The molecule has 2 atom stereocenters. The molecule has 1 amide bonds. The lowest BCUT2D eigenvalue weighted by Gasteiger charge is -2.30. The third-order valence-corrected chi connectivity index (χ3v) is 6.08. The molecule has 4 nitrogen and oxygen atoms in total. The number of nitrogens with zero attached hydrogens (tertiary/aromatic N) is 3. The summed E-state index contributed by atoms with van der Waals surface area (Å²) < 4.78 is 13.9. The van der Waals surface area contributed by atoms with Crippen LogP contribution in [0.25, 0.3) is 0 Å². The monoisotopic (exact) mass is 397 g/mol. The second-order valence-corrected chi connectivity index (χ2v) is 7.93. The van der Waals surface area contributed by atoms with Gasteiger partial charge in [0, 0.05) is 44.3 Å². The van der Waals surface area contributed by atoms with E-state index in [1.54, 1.807) is 30.1 Å². The number of likely N-dealkylation sites (tertiary alicyclic amines) is 1. The number of hydrogen-bond acceptors (Lipinski definition) is 3. The van der Waals surface area contributed by atoms with E-state index < -0.39 is 0 Å². The normalized spacial score (nSPS) is 18.2. The van der Waals surface area contributed by atoms with Crippen molar-refractivity contribution in [2.24, 2.45) is 0 Å². The van der Waals surface area contributed by atoms with Crippen LogP contribution >= 0.6 is 0 Å². The molecule has 1 aliphatic heterocycles. The number of halogens is 1. The van der Waals surface area contributed by atoms with Crippen LogP contribution in [-0.4, -0.2) is 59.9 Å². The molecule has 1 saturated heterocycles. The van der Waals surface area contributed by atoms with Gasteiger partial charge in [-0.25, -0.2) is 4.39 Å². The van der Waals surface area contributed by atoms with Gasteiger partial charge >= 0.3 is 0 Å². The maximum Gasteiger partial charge on any atom is 0.236 e. The van der Waals surface area contributed by atoms with Gasteiger partial charge in [0.25, 0.3) is 0 Å². The first kappa shape index (κ1) is 21.5. The molecule has 1 aliphatic rings. The number of carbonyl (C=O) groups is 1. The quantitative estimate of drug-likeness (QED) is 0.675. The van der Waals surface area contributed by atoms with Gasteiger partial charge in [0.1, 0.15) is 5.82 Å². The van der Waals surface area contributed by atoms with Gasteiger partial charge in [-0.1, -0.05) is 55.5 Å². The Hall–Kier alpha value is -2.24. The second kappa shape index (κ2) is 9.99. The van der Waals surface area contributed by atoms with Gasteiger partial charge in [0.05, 0.1) is 6.54 Å². The summed E-state index contributed by atoms with van der Waals surface area (Å²) in [6.07, 6.45) is 1.06. The highest BCUT2D eigenvalue weighted by Gasteiger charge is 2.31. The van der Waals surface area contributed by atoms with Crippen LogP contribution in [0.15, 0.2) is 54.6 Å². The average Bonchev–Trinajstić information content (AvgIpc) is 3.23. The highest BCUT2D eigenvalue weighted by molar-refractivity contribution is 5.78. The molecule has 0 saturated carbocycles. The predicted octanol–water partition coefficient (Wildman–Crippen LogP) is 3.94. The summed E-state index contributed by atoms with van der Waals surface area (Å²) in [4.78, 5) is 19.2. The molecule has 0 spiro atoms. The van der Waals surface area contributed by atoms with Gasteiger partial charge in [-0.3, -0.25) is 14.6 Å². The molecule has 0 aliphatic carbocycles. The number of rotatable bonds is 8. The summed E-state index contributed by atoms with van der Waals surface area (Å²) in [5, 5.41) is 0. The Morgan fingerprint density at radius 1 is 1.17 bits per heavy atom. The highest BCUT2D eigenvalue weighted by Crippen LogP contribution is 2.26. The maximum absolute atomic E-state index is 13.9. The fraction of sp³-hybridized carbons (Fsp3) is 0.458. The van der Waals surface area contributed by atoms with E-state index in [1.165, 1.54) is 11.6 Å². The Kier molecular flexibility index (Phi) is 7.40. The topological polar surface area (TPSA) is 26.8 Å². The minimum Gasteiger partial charge on any atom is -0.340 e. The molecule has 29 heavy (non-hydrogen) atoms. The van der Waals surface area contributed by atoms with Gasteiger partial charge in [-0.2, -0.15) is 0 Å². The first-order valence-electron chi connectivity index (χ1n) is 10.5. The Balaban J connectivity index is 1.56. The van der Waals surface area contributed by atoms with Gasteiger partial charge in [0.2, 0.25) is 5.91 Å². The summed E-state index contributed by atoms with van der Waals surface area (Å²) in [6.45, 7) is 7.86. The molecule has 0 N–H and O–H groups in total. The van der Waals surface area contributed by atoms with Crippen molar-refractivity contribution < 1.29 is 9.18 Å². The lowest BCUT2D eigenvalue weighted by molar-refractivity contribution is -0.132. The molecule has 3 rings (SSSR count). The zero-order chi connectivity index (χ0) is 20.8. The molecule has 1 heterocycles. The van der Waals surface area contributed by atoms with E-state index in [2.05, 4.69) is 47.9 Å². The van der Waals surface area contributed by atoms with E-state index in [0.717, 1.165) is 26.1 Å². The van der Waals surface area contributed by atoms with E-state index in [9.17, 15) is 9.18 Å². The minimum absolute atomic E-state index is 0.0321. The predicted molar refractivity (Wildman–Crippen MR) is 115 cm³/mol. The van der Waals surface area contributed by atoms with Crippen LogP contribution in [0.1, 0.15) is 37.4 Å². The van der Waals surface area contributed by atoms with E-state index in [4.69, 9.17) is 0 Å². The first-order valence-corrected chi connectivity index (χ1v) is 10.5. The first-order chi connectivity index (χ1) is 14.0. The van der Waals surface area contributed by atoms with Crippen molar-refractivity contribution in [2.45, 2.75) is 38.9 Å². The summed E-state index contributed by atoms with van der Waals surface area (Å²) in [6, 6.07) is 18.0. The van der Waals surface area contributed by atoms with Crippen molar-refractivity contribution >= 4 is 5.91 Å². The smallest absolute Gasteiger partial charge is 0.236 e. The summed E-state index contributed by atoms with van der Waals surface area (Å²) in [5.41, 5.74) is 1.88. The van der Waals surface area contributed by atoms with Crippen molar-refractivity contribution in [3.63, 3.8) is 0 Å². The Bertz CT molecular complexity index is 798. The van der Waals surface area contributed by atoms with E-state index in [-0.39, 0.29) is 11.7 Å². The molecule has 0 aromatic heterocycles. The molecule has 0 bridgehead atoms. The number of likely N-dealkylation sites (N-methyl/N-ethyl adjacent to an activating group) is 2. The van der Waals surface area contributed by atoms with E-state index in [1.807, 2.05) is 6.07 Å². The molecule has 5 heteroatoms. The van der Waals surface area contributed by atoms with Gasteiger partial charge in [-0.05, 0) is 31.5 Å². The number of amides is 1. The Morgan fingerprint density at radius 2 is 1.86 bits per heavy atom. The van der Waals surface area contributed by atoms with E-state index in [0.29, 0.717) is 30.7 Å². The molecule has 156 valence electrons. The van der Waals surface area contributed by atoms with Crippen molar-refractivity contribution in [3.05, 3.63) is 71.5 Å². The standard InChI is InChI=1S/C24H32FN3O/c1-4-27(18-24(29)26(3)16-21-12-8-9-13-23(21)25)22-14-15-28(17-22)19(2)20-10-6-5-7-11-20/h5-13,19,22H,4,14-18H2,1-3H3. The van der Waals surface area contributed by atoms with Crippen LogP contribution in [0.2, 0.25) is 0 Å². The lowest BCUT2D eigenvalue weighted by atomic mass is 10.1. The average molecular weight is 398 g/mol. The zero-order valence-electron chi connectivity index (χ0n) is 17.7. The van der Waals surface area contributed by atoms with Crippen molar-refractivity contribution in [1.82, 2.24) is 14.7 Å². The zero-order valence-corrected chi connectivity index (χ0v) is 17.7. The van der Waals surface area contributed by atoms with Gasteiger partial charge in [-0.15, -0.1) is 0 Å². The fourth-order valence-corrected chi connectivity index (χ4v) is 4.12. The van der Waals surface area contributed by atoms with Gasteiger partial charge < -0.3 is 4.90 Å². The molecule has 2 aromatic carbocycles. The third kappa shape index (κ3) is 5.43. The largest absolute Gasteiger partial charge is 0.340 e. The molecule has 1 fully saturated rings. The minimum atomic E-state index is -0.263. The van der Waals surface area contributed by atoms with Crippen LogP contribution in [0.3, 0.4) is 0 Å². The fourth-order valence-electron chi connectivity index (χ4n) is 4.12. The third-order valence-electron chi connectivity index (χ3n) is 6.08. The lowest BCUT2D eigenvalue weighted by Crippen LogP contribution is -2.44. The summed E-state index contributed by atoms with van der Waals surface area (Å²) in [5.74, 6) is -0.231. The second-order valence-electron chi connectivity index (χ2n) is 7.93. The SMILES string of the molecule is CCN(CC(=O)N(C)Cc1ccccc1F)C1CCN(C(C)c2ccccc2)C1. The van der Waals surface area contributed by atoms with Crippen molar-refractivity contribution in [3.8, 4) is 0 Å². The van der Waals surface area contributed by atoms with Crippen LogP contribution in [0.4, 0.5) is 4.39 Å². The van der Waals surface area contributed by atoms with Crippen LogP contribution in [-0.2, 0) is 11.3 Å². The molecular formula is C24H32FN3O. The van der Waals surface area contributed by atoms with E-state index >= 15 is 0 Å². The number of carbonyl (C=O) groups excluding carboxylic acids is 1. The molecule has 0 radical (unpaired) electrons. The maximum atomic E-state index is 13.9.